The standard InChI is InChI=1S/C30H36FN3O5S/c1-21(2)18-32-30(36)23(4)33(19-24-8-6-7-9-28(24)31)29(35)20-34(25-12-14-26(39-5)15-13-25)40(37,38)27-16-10-22(3)11-17-27/h6-17,21,23H,18-20H2,1-5H3,(H,32,36)/t23-/m1/s1. The second-order valence-corrected chi connectivity index (χ2v) is 11.8. The Morgan fingerprint density at radius 2 is 1.57 bits per heavy atom. The number of amides is 2. The molecule has 0 radical (unpaired) electrons. The number of carbonyl (C=O) groups is 2. The molecule has 8 nitrogen and oxygen atoms in total. The molecule has 1 atom stereocenters. The fourth-order valence-electron chi connectivity index (χ4n) is 3.96. The second kappa shape index (κ2) is 13.4. The summed E-state index contributed by atoms with van der Waals surface area (Å²) in [7, 11) is -2.71. The Morgan fingerprint density at radius 1 is 0.950 bits per heavy atom. The van der Waals surface area contributed by atoms with Crippen LogP contribution in [0.4, 0.5) is 10.1 Å². The van der Waals surface area contributed by atoms with Crippen LogP contribution < -0.4 is 14.4 Å². The van der Waals surface area contributed by atoms with E-state index in [0.717, 1.165) is 9.87 Å². The minimum atomic E-state index is -4.20. The molecule has 0 saturated heterocycles. The Kier molecular flexibility index (Phi) is 10.3. The average Bonchev–Trinajstić information content (AvgIpc) is 2.94. The van der Waals surface area contributed by atoms with Crippen LogP contribution in [0.5, 0.6) is 5.75 Å². The van der Waals surface area contributed by atoms with E-state index in [9.17, 15) is 22.4 Å². The molecule has 0 unspecified atom stereocenters. The highest BCUT2D eigenvalue weighted by molar-refractivity contribution is 7.92. The SMILES string of the molecule is COc1ccc(N(CC(=O)N(Cc2ccccc2F)[C@H](C)C(=O)NCC(C)C)S(=O)(=O)c2ccc(C)cc2)cc1. The predicted octanol–water partition coefficient (Wildman–Crippen LogP) is 4.53. The average molecular weight is 570 g/mol. The highest BCUT2D eigenvalue weighted by Gasteiger charge is 2.33. The van der Waals surface area contributed by atoms with Crippen molar-refractivity contribution in [2.75, 3.05) is 24.5 Å². The Morgan fingerprint density at radius 3 is 2.15 bits per heavy atom. The lowest BCUT2D eigenvalue weighted by atomic mass is 10.1. The summed E-state index contributed by atoms with van der Waals surface area (Å²) in [6.07, 6.45) is 0. The Bertz CT molecular complexity index is 1410. The molecule has 0 spiro atoms. The molecule has 0 bridgehead atoms. The van der Waals surface area contributed by atoms with Crippen LogP contribution in [-0.4, -0.2) is 51.4 Å². The van der Waals surface area contributed by atoms with Crippen LogP contribution in [0.3, 0.4) is 0 Å². The maximum absolute atomic E-state index is 14.6. The van der Waals surface area contributed by atoms with Crippen molar-refractivity contribution in [2.24, 2.45) is 5.92 Å². The number of aryl methyl sites for hydroxylation is 1. The normalized spacial score (nSPS) is 12.1. The van der Waals surface area contributed by atoms with E-state index in [1.54, 1.807) is 37.3 Å². The number of ether oxygens (including phenoxy) is 1. The van der Waals surface area contributed by atoms with Gasteiger partial charge in [0.25, 0.3) is 10.0 Å². The van der Waals surface area contributed by atoms with Crippen molar-refractivity contribution >= 4 is 27.5 Å². The third kappa shape index (κ3) is 7.59. The van der Waals surface area contributed by atoms with E-state index in [0.29, 0.717) is 12.3 Å². The third-order valence-corrected chi connectivity index (χ3v) is 8.19. The van der Waals surface area contributed by atoms with Crippen molar-refractivity contribution in [1.82, 2.24) is 10.2 Å². The summed E-state index contributed by atoms with van der Waals surface area (Å²) >= 11 is 0. The van der Waals surface area contributed by atoms with Gasteiger partial charge in [-0.05, 0) is 62.2 Å². The number of nitrogens with one attached hydrogen (secondary N) is 1. The van der Waals surface area contributed by atoms with Crippen molar-refractivity contribution in [1.29, 1.82) is 0 Å². The van der Waals surface area contributed by atoms with Crippen LogP contribution in [-0.2, 0) is 26.2 Å². The summed E-state index contributed by atoms with van der Waals surface area (Å²) in [4.78, 5) is 28.1. The number of sulfonamides is 1. The summed E-state index contributed by atoms with van der Waals surface area (Å²) in [5, 5.41) is 2.80. The molecule has 0 saturated carbocycles. The Balaban J connectivity index is 2.02. The lowest BCUT2D eigenvalue weighted by molar-refractivity contribution is -0.139. The molecule has 3 rings (SSSR count). The van der Waals surface area contributed by atoms with E-state index in [4.69, 9.17) is 4.74 Å². The van der Waals surface area contributed by atoms with E-state index in [-0.39, 0.29) is 28.6 Å². The van der Waals surface area contributed by atoms with E-state index >= 15 is 0 Å². The number of hydrogen-bond acceptors (Lipinski definition) is 5. The van der Waals surface area contributed by atoms with E-state index < -0.39 is 40.2 Å². The molecule has 1 N–H and O–H groups in total. The van der Waals surface area contributed by atoms with Crippen LogP contribution in [0.25, 0.3) is 0 Å². The number of benzene rings is 3. The maximum atomic E-state index is 14.6. The molecule has 0 fully saturated rings. The molecule has 10 heteroatoms. The third-order valence-electron chi connectivity index (χ3n) is 6.40. The number of anilines is 1. The van der Waals surface area contributed by atoms with Gasteiger partial charge in [-0.1, -0.05) is 49.7 Å². The molecule has 3 aromatic carbocycles. The van der Waals surface area contributed by atoms with Crippen LogP contribution in [0.2, 0.25) is 0 Å². The molecule has 0 heterocycles. The van der Waals surface area contributed by atoms with Crippen molar-refractivity contribution < 1.29 is 27.1 Å². The maximum Gasteiger partial charge on any atom is 0.264 e. The zero-order chi connectivity index (χ0) is 29.4. The Hall–Kier alpha value is -3.92. The molecular weight excluding hydrogens is 533 g/mol. The fraction of sp³-hybridized carbons (Fsp3) is 0.333. The topological polar surface area (TPSA) is 96.0 Å². The van der Waals surface area contributed by atoms with Gasteiger partial charge in [-0.25, -0.2) is 12.8 Å². The lowest BCUT2D eigenvalue weighted by Crippen LogP contribution is -2.51. The number of rotatable bonds is 12. The monoisotopic (exact) mass is 569 g/mol. The second-order valence-electron chi connectivity index (χ2n) is 9.95. The summed E-state index contributed by atoms with van der Waals surface area (Å²) in [5.74, 6) is -0.927. The molecule has 214 valence electrons. The minimum Gasteiger partial charge on any atom is -0.497 e. The van der Waals surface area contributed by atoms with E-state index in [2.05, 4.69) is 5.32 Å². The van der Waals surface area contributed by atoms with Crippen LogP contribution in [0.1, 0.15) is 31.9 Å². The van der Waals surface area contributed by atoms with Crippen LogP contribution in [0, 0.1) is 18.7 Å². The molecule has 3 aromatic rings. The Labute approximate surface area is 235 Å². The van der Waals surface area contributed by atoms with Gasteiger partial charge in [0.15, 0.2) is 0 Å². The molecule has 0 aromatic heterocycles. The van der Waals surface area contributed by atoms with Gasteiger partial charge in [0.05, 0.1) is 17.7 Å². The quantitative estimate of drug-likeness (QED) is 0.346. The zero-order valence-corrected chi connectivity index (χ0v) is 24.2. The number of hydrogen-bond donors (Lipinski definition) is 1. The molecule has 2 amide bonds. The van der Waals surface area contributed by atoms with Crippen LogP contribution >= 0.6 is 0 Å². The predicted molar refractivity (Wildman–Crippen MR) is 153 cm³/mol. The summed E-state index contributed by atoms with van der Waals surface area (Å²) in [5.41, 5.74) is 1.32. The molecule has 0 aliphatic heterocycles. The van der Waals surface area contributed by atoms with Gasteiger partial charge in [0.1, 0.15) is 24.2 Å². The fourth-order valence-corrected chi connectivity index (χ4v) is 5.37. The molecule has 0 aliphatic carbocycles. The van der Waals surface area contributed by atoms with Gasteiger partial charge >= 0.3 is 0 Å². The molecule has 0 aliphatic rings. The summed E-state index contributed by atoms with van der Waals surface area (Å²) in [6.45, 7) is 6.83. The summed E-state index contributed by atoms with van der Waals surface area (Å²) < 4.78 is 48.5. The molecule has 40 heavy (non-hydrogen) atoms. The highest BCUT2D eigenvalue weighted by Crippen LogP contribution is 2.27. The first-order chi connectivity index (χ1) is 18.9. The van der Waals surface area contributed by atoms with Gasteiger partial charge in [0, 0.05) is 18.7 Å². The van der Waals surface area contributed by atoms with Gasteiger partial charge in [0.2, 0.25) is 11.8 Å². The van der Waals surface area contributed by atoms with Crippen molar-refractivity contribution in [3.05, 3.63) is 89.7 Å². The number of halogens is 1. The highest BCUT2D eigenvalue weighted by atomic mass is 32.2. The van der Waals surface area contributed by atoms with Gasteiger partial charge < -0.3 is 15.0 Å². The molecular formula is C30H36FN3O5S. The minimum absolute atomic E-state index is 0.00472. The zero-order valence-electron chi connectivity index (χ0n) is 23.4. The van der Waals surface area contributed by atoms with Gasteiger partial charge in [-0.3, -0.25) is 13.9 Å². The van der Waals surface area contributed by atoms with Crippen molar-refractivity contribution in [3.8, 4) is 5.75 Å². The lowest BCUT2D eigenvalue weighted by Gasteiger charge is -2.32. The first-order valence-corrected chi connectivity index (χ1v) is 14.4. The smallest absolute Gasteiger partial charge is 0.264 e. The number of nitrogens with zero attached hydrogens (tertiary/aromatic N) is 2. The van der Waals surface area contributed by atoms with Crippen molar-refractivity contribution in [3.63, 3.8) is 0 Å². The van der Waals surface area contributed by atoms with Crippen molar-refractivity contribution in [2.45, 2.75) is 45.2 Å². The van der Waals surface area contributed by atoms with E-state index in [1.807, 2.05) is 20.8 Å². The van der Waals surface area contributed by atoms with Crippen LogP contribution in [0.15, 0.2) is 77.7 Å². The first kappa shape index (κ1) is 30.6. The van der Waals surface area contributed by atoms with Gasteiger partial charge in [-0.15, -0.1) is 0 Å². The largest absolute Gasteiger partial charge is 0.497 e. The first-order valence-electron chi connectivity index (χ1n) is 13.0. The number of methoxy groups -OCH3 is 1. The van der Waals surface area contributed by atoms with E-state index in [1.165, 1.54) is 54.5 Å². The number of carbonyl (C=O) groups excluding carboxylic acids is 2. The van der Waals surface area contributed by atoms with Gasteiger partial charge in [-0.2, -0.15) is 0 Å². The summed E-state index contributed by atoms with van der Waals surface area (Å²) in [6, 6.07) is 17.5.